The average molecular weight is 306 g/mol. The topological polar surface area (TPSA) is 15.3 Å². The lowest BCUT2D eigenvalue weighted by Gasteiger charge is -2.30. The summed E-state index contributed by atoms with van der Waals surface area (Å²) >= 11 is 0. The second kappa shape index (κ2) is 7.11. The zero-order valence-corrected chi connectivity index (χ0v) is 12.8. The fraction of sp³-hybridized carbons (Fsp3) is 0.600. The van der Waals surface area contributed by atoms with Gasteiger partial charge in [-0.05, 0) is 45.9 Å². The van der Waals surface area contributed by atoms with Crippen LogP contribution in [0, 0.1) is 5.82 Å². The van der Waals surface area contributed by atoms with Crippen molar-refractivity contribution in [2.24, 2.45) is 0 Å². The molecule has 2 nitrogen and oxygen atoms in total. The Morgan fingerprint density at radius 2 is 1.67 bits per heavy atom. The average Bonchev–Trinajstić information content (AvgIpc) is 2.33. The molecule has 120 valence electrons. The molecule has 0 radical (unpaired) electrons. The fourth-order valence-electron chi connectivity index (χ4n) is 2.27. The molecular formula is C15H22F4N2. The Labute approximate surface area is 123 Å². The van der Waals surface area contributed by atoms with E-state index in [0.717, 1.165) is 12.1 Å². The summed E-state index contributed by atoms with van der Waals surface area (Å²) in [5.41, 5.74) is -0.882. The molecule has 1 rings (SSSR count). The molecule has 0 heterocycles. The van der Waals surface area contributed by atoms with Crippen LogP contribution in [0.5, 0.6) is 0 Å². The first-order valence-corrected chi connectivity index (χ1v) is 6.99. The van der Waals surface area contributed by atoms with E-state index in [-0.39, 0.29) is 5.69 Å². The third kappa shape index (κ3) is 5.19. The maximum Gasteiger partial charge on any atom is 0.416 e. The van der Waals surface area contributed by atoms with Crippen molar-refractivity contribution in [1.29, 1.82) is 0 Å². The van der Waals surface area contributed by atoms with Crippen LogP contribution in [-0.4, -0.2) is 30.1 Å². The zero-order valence-electron chi connectivity index (χ0n) is 12.8. The van der Waals surface area contributed by atoms with E-state index >= 15 is 0 Å². The maximum absolute atomic E-state index is 13.6. The number of rotatable bonds is 6. The molecule has 0 saturated carbocycles. The molecule has 0 atom stereocenters. The van der Waals surface area contributed by atoms with Gasteiger partial charge in [0.15, 0.2) is 0 Å². The zero-order chi connectivity index (χ0) is 16.2. The number of hydrogen-bond acceptors (Lipinski definition) is 2. The van der Waals surface area contributed by atoms with Gasteiger partial charge in [0, 0.05) is 25.2 Å². The molecule has 0 amide bonds. The smallest absolute Gasteiger partial charge is 0.381 e. The SMILES string of the molecule is CC(C)N(CCNc1ccc(C(F)(F)F)cc1F)C(C)C. The molecule has 1 N–H and O–H groups in total. The number of alkyl halides is 3. The molecule has 0 aliphatic heterocycles. The van der Waals surface area contributed by atoms with Gasteiger partial charge in [0.05, 0.1) is 11.3 Å². The Balaban J connectivity index is 2.64. The summed E-state index contributed by atoms with van der Waals surface area (Å²) in [4.78, 5) is 2.22. The Morgan fingerprint density at radius 1 is 1.10 bits per heavy atom. The van der Waals surface area contributed by atoms with Gasteiger partial charge in [-0.25, -0.2) is 4.39 Å². The second-order valence-electron chi connectivity index (χ2n) is 5.54. The van der Waals surface area contributed by atoms with E-state index in [4.69, 9.17) is 0 Å². The van der Waals surface area contributed by atoms with Gasteiger partial charge in [-0.1, -0.05) is 0 Å². The predicted octanol–water partition coefficient (Wildman–Crippen LogP) is 4.38. The quantitative estimate of drug-likeness (QED) is 0.785. The van der Waals surface area contributed by atoms with Crippen LogP contribution in [0.15, 0.2) is 18.2 Å². The first-order valence-electron chi connectivity index (χ1n) is 6.99. The normalized spacial score (nSPS) is 12.5. The summed E-state index contributed by atoms with van der Waals surface area (Å²) in [5, 5.41) is 2.85. The molecule has 0 aliphatic rings. The summed E-state index contributed by atoms with van der Waals surface area (Å²) in [6.45, 7) is 9.43. The highest BCUT2D eigenvalue weighted by molar-refractivity contribution is 5.46. The summed E-state index contributed by atoms with van der Waals surface area (Å²) < 4.78 is 51.0. The van der Waals surface area contributed by atoms with Crippen LogP contribution in [-0.2, 0) is 6.18 Å². The Morgan fingerprint density at radius 3 is 2.10 bits per heavy atom. The van der Waals surface area contributed by atoms with Gasteiger partial charge < -0.3 is 5.32 Å². The molecule has 0 saturated heterocycles. The van der Waals surface area contributed by atoms with Gasteiger partial charge in [-0.2, -0.15) is 13.2 Å². The van der Waals surface area contributed by atoms with E-state index < -0.39 is 17.6 Å². The first-order chi connectivity index (χ1) is 9.62. The third-order valence-electron chi connectivity index (χ3n) is 3.31. The fourth-order valence-corrected chi connectivity index (χ4v) is 2.27. The largest absolute Gasteiger partial charge is 0.416 e. The molecule has 0 fully saturated rings. The molecule has 21 heavy (non-hydrogen) atoms. The number of anilines is 1. The minimum Gasteiger partial charge on any atom is -0.381 e. The van der Waals surface area contributed by atoms with Crippen molar-refractivity contribution in [2.45, 2.75) is 46.0 Å². The minimum atomic E-state index is -4.52. The lowest BCUT2D eigenvalue weighted by Crippen LogP contribution is -2.40. The van der Waals surface area contributed by atoms with Gasteiger partial charge >= 0.3 is 6.18 Å². The Kier molecular flexibility index (Phi) is 6.01. The molecule has 0 bridgehead atoms. The van der Waals surface area contributed by atoms with Gasteiger partial charge in [-0.15, -0.1) is 0 Å². The second-order valence-corrected chi connectivity index (χ2v) is 5.54. The highest BCUT2D eigenvalue weighted by Gasteiger charge is 2.31. The number of nitrogens with one attached hydrogen (secondary N) is 1. The monoisotopic (exact) mass is 306 g/mol. The van der Waals surface area contributed by atoms with E-state index in [2.05, 4.69) is 37.9 Å². The van der Waals surface area contributed by atoms with Gasteiger partial charge in [0.1, 0.15) is 5.82 Å². The molecule has 0 spiro atoms. The van der Waals surface area contributed by atoms with Gasteiger partial charge in [0.25, 0.3) is 0 Å². The number of halogens is 4. The van der Waals surface area contributed by atoms with Crippen molar-refractivity contribution in [3.8, 4) is 0 Å². The summed E-state index contributed by atoms with van der Waals surface area (Å²) in [7, 11) is 0. The first kappa shape index (κ1) is 17.8. The van der Waals surface area contributed by atoms with Crippen molar-refractivity contribution in [2.75, 3.05) is 18.4 Å². The molecule has 1 aromatic rings. The van der Waals surface area contributed by atoms with Crippen LogP contribution in [0.3, 0.4) is 0 Å². The molecule has 6 heteroatoms. The standard InChI is InChI=1S/C15H22F4N2/c1-10(2)21(11(3)4)8-7-20-14-6-5-12(9-13(14)16)15(17,18)19/h5-6,9-11,20H,7-8H2,1-4H3. The van der Waals surface area contributed by atoms with Crippen LogP contribution in [0.2, 0.25) is 0 Å². The Bertz CT molecular complexity index is 447. The van der Waals surface area contributed by atoms with Crippen molar-refractivity contribution in [3.63, 3.8) is 0 Å². The van der Waals surface area contributed by atoms with E-state index in [1.54, 1.807) is 0 Å². The van der Waals surface area contributed by atoms with Crippen LogP contribution < -0.4 is 5.32 Å². The van der Waals surface area contributed by atoms with E-state index in [1.165, 1.54) is 0 Å². The van der Waals surface area contributed by atoms with Crippen molar-refractivity contribution < 1.29 is 17.6 Å². The van der Waals surface area contributed by atoms with Gasteiger partial charge in [0.2, 0.25) is 0 Å². The number of nitrogens with zero attached hydrogens (tertiary/aromatic N) is 1. The summed E-state index contributed by atoms with van der Waals surface area (Å²) in [6, 6.07) is 3.24. The molecular weight excluding hydrogens is 284 g/mol. The number of hydrogen-bond donors (Lipinski definition) is 1. The van der Waals surface area contributed by atoms with Crippen LogP contribution in [0.4, 0.5) is 23.2 Å². The Hall–Kier alpha value is -1.30. The lowest BCUT2D eigenvalue weighted by atomic mass is 10.2. The third-order valence-corrected chi connectivity index (χ3v) is 3.31. The van der Waals surface area contributed by atoms with Crippen molar-refractivity contribution >= 4 is 5.69 Å². The number of benzene rings is 1. The minimum absolute atomic E-state index is 0.0930. The van der Waals surface area contributed by atoms with E-state index in [1.807, 2.05) is 0 Å². The highest BCUT2D eigenvalue weighted by Crippen LogP contribution is 2.31. The molecule has 1 aromatic carbocycles. The van der Waals surface area contributed by atoms with E-state index in [9.17, 15) is 17.6 Å². The molecule has 0 aliphatic carbocycles. The van der Waals surface area contributed by atoms with Crippen LogP contribution in [0.25, 0.3) is 0 Å². The van der Waals surface area contributed by atoms with Crippen molar-refractivity contribution in [1.82, 2.24) is 4.90 Å². The summed E-state index contributed by atoms with van der Waals surface area (Å²) in [5.74, 6) is -0.884. The molecule has 0 aromatic heterocycles. The van der Waals surface area contributed by atoms with Crippen molar-refractivity contribution in [3.05, 3.63) is 29.6 Å². The van der Waals surface area contributed by atoms with E-state index in [0.29, 0.717) is 31.2 Å². The summed E-state index contributed by atoms with van der Waals surface area (Å²) in [6.07, 6.45) is -4.52. The maximum atomic E-state index is 13.6. The molecule has 0 unspecified atom stereocenters. The predicted molar refractivity (Wildman–Crippen MR) is 76.9 cm³/mol. The van der Waals surface area contributed by atoms with Gasteiger partial charge in [-0.3, -0.25) is 4.90 Å². The lowest BCUT2D eigenvalue weighted by molar-refractivity contribution is -0.137. The van der Waals surface area contributed by atoms with Crippen LogP contribution >= 0.6 is 0 Å². The highest BCUT2D eigenvalue weighted by atomic mass is 19.4. The van der Waals surface area contributed by atoms with Crippen LogP contribution in [0.1, 0.15) is 33.3 Å².